The van der Waals surface area contributed by atoms with Crippen LogP contribution >= 0.6 is 23.4 Å². The molecule has 0 radical (unpaired) electrons. The van der Waals surface area contributed by atoms with E-state index in [0.717, 1.165) is 0 Å². The summed E-state index contributed by atoms with van der Waals surface area (Å²) in [6.45, 7) is 1.44. The lowest BCUT2D eigenvalue weighted by Crippen LogP contribution is -2.46. The van der Waals surface area contributed by atoms with Gasteiger partial charge < -0.3 is 21.1 Å². The summed E-state index contributed by atoms with van der Waals surface area (Å²) >= 11 is 7.28. The third-order valence-electron chi connectivity index (χ3n) is 2.99. The van der Waals surface area contributed by atoms with Crippen LogP contribution in [-0.4, -0.2) is 42.1 Å². The monoisotopic (exact) mass is 373 g/mol. The maximum atomic E-state index is 12.1. The van der Waals surface area contributed by atoms with Crippen molar-refractivity contribution >= 4 is 47.0 Å². The molecule has 0 unspecified atom stereocenters. The Labute approximate surface area is 149 Å². The van der Waals surface area contributed by atoms with Crippen LogP contribution < -0.4 is 16.4 Å². The maximum absolute atomic E-state index is 12.1. The molecule has 4 N–H and O–H groups in total. The van der Waals surface area contributed by atoms with Crippen molar-refractivity contribution in [2.75, 3.05) is 17.3 Å². The predicted octanol–water partition coefficient (Wildman–Crippen LogP) is 2.00. The van der Waals surface area contributed by atoms with E-state index < -0.39 is 30.1 Å². The minimum absolute atomic E-state index is 0.356. The van der Waals surface area contributed by atoms with Crippen molar-refractivity contribution in [3.8, 4) is 0 Å². The Morgan fingerprint density at radius 3 is 2.46 bits per heavy atom. The van der Waals surface area contributed by atoms with Gasteiger partial charge in [-0.05, 0) is 49.6 Å². The van der Waals surface area contributed by atoms with E-state index in [1.54, 1.807) is 24.3 Å². The Bertz CT molecular complexity index is 583. The average molecular weight is 374 g/mol. The van der Waals surface area contributed by atoms with E-state index in [2.05, 4.69) is 10.6 Å². The van der Waals surface area contributed by atoms with Gasteiger partial charge in [0.1, 0.15) is 6.04 Å². The zero-order valence-corrected chi connectivity index (χ0v) is 14.9. The third-order valence-corrected chi connectivity index (χ3v) is 3.88. The van der Waals surface area contributed by atoms with Crippen LogP contribution in [0.15, 0.2) is 24.3 Å². The number of carbonyl (C=O) groups is 3. The number of urea groups is 1. The highest BCUT2D eigenvalue weighted by Crippen LogP contribution is 2.14. The van der Waals surface area contributed by atoms with E-state index in [4.69, 9.17) is 22.1 Å². The number of halogens is 1. The summed E-state index contributed by atoms with van der Waals surface area (Å²) in [6.07, 6.45) is 1.20. The van der Waals surface area contributed by atoms with E-state index in [-0.39, 0.29) is 0 Å². The highest BCUT2D eigenvalue weighted by atomic mass is 35.5. The number of nitrogens with one attached hydrogen (secondary N) is 2. The second-order valence-electron chi connectivity index (χ2n) is 4.92. The molecule has 0 aliphatic carbocycles. The van der Waals surface area contributed by atoms with E-state index in [1.807, 2.05) is 6.26 Å². The number of benzene rings is 1. The van der Waals surface area contributed by atoms with Crippen LogP contribution in [-0.2, 0) is 14.3 Å². The number of rotatable bonds is 8. The molecule has 0 spiro atoms. The van der Waals surface area contributed by atoms with Crippen LogP contribution in [0.3, 0.4) is 0 Å². The van der Waals surface area contributed by atoms with Crippen LogP contribution in [0.2, 0.25) is 5.02 Å². The zero-order valence-electron chi connectivity index (χ0n) is 13.4. The first-order valence-electron chi connectivity index (χ1n) is 7.15. The Morgan fingerprint density at radius 2 is 1.92 bits per heavy atom. The molecule has 24 heavy (non-hydrogen) atoms. The van der Waals surface area contributed by atoms with Gasteiger partial charge in [-0.3, -0.25) is 4.79 Å². The lowest BCUT2D eigenvalue weighted by atomic mass is 10.2. The van der Waals surface area contributed by atoms with Gasteiger partial charge in [-0.25, -0.2) is 9.59 Å². The Morgan fingerprint density at radius 1 is 1.29 bits per heavy atom. The third kappa shape index (κ3) is 7.10. The summed E-state index contributed by atoms with van der Waals surface area (Å²) in [7, 11) is 0. The van der Waals surface area contributed by atoms with Crippen molar-refractivity contribution < 1.29 is 19.1 Å². The molecule has 1 aromatic carbocycles. The summed E-state index contributed by atoms with van der Waals surface area (Å²) in [5.74, 6) is -0.569. The van der Waals surface area contributed by atoms with Crippen molar-refractivity contribution in [1.29, 1.82) is 0 Å². The first-order chi connectivity index (χ1) is 11.3. The number of nitrogens with two attached hydrogens (primary N) is 1. The predicted molar refractivity (Wildman–Crippen MR) is 95.1 cm³/mol. The summed E-state index contributed by atoms with van der Waals surface area (Å²) in [5.41, 5.74) is 5.58. The fourth-order valence-corrected chi connectivity index (χ4v) is 2.34. The van der Waals surface area contributed by atoms with Gasteiger partial charge in [0.15, 0.2) is 6.10 Å². The van der Waals surface area contributed by atoms with Gasteiger partial charge in [0, 0.05) is 10.7 Å². The molecule has 132 valence electrons. The van der Waals surface area contributed by atoms with Gasteiger partial charge in [0.05, 0.1) is 0 Å². The number of hydrogen-bond donors (Lipinski definition) is 3. The van der Waals surface area contributed by atoms with Crippen molar-refractivity contribution in [1.82, 2.24) is 5.32 Å². The summed E-state index contributed by atoms with van der Waals surface area (Å²) in [5, 5.41) is 5.47. The Hall–Kier alpha value is -1.93. The first kappa shape index (κ1) is 20.1. The number of anilines is 1. The molecule has 0 saturated heterocycles. The molecular formula is C15H20ClN3O4S. The van der Waals surface area contributed by atoms with Crippen molar-refractivity contribution in [2.24, 2.45) is 5.73 Å². The topological polar surface area (TPSA) is 111 Å². The number of thioether (sulfide) groups is 1. The number of amides is 3. The number of hydrogen-bond acceptors (Lipinski definition) is 5. The summed E-state index contributed by atoms with van der Waals surface area (Å²) in [6, 6.07) is 4.80. The molecule has 7 nitrogen and oxygen atoms in total. The van der Waals surface area contributed by atoms with E-state index in [1.165, 1.54) is 18.7 Å². The van der Waals surface area contributed by atoms with Gasteiger partial charge in [-0.15, -0.1) is 0 Å². The lowest BCUT2D eigenvalue weighted by molar-refractivity contribution is -0.155. The van der Waals surface area contributed by atoms with Crippen LogP contribution in [0.4, 0.5) is 10.5 Å². The van der Waals surface area contributed by atoms with Gasteiger partial charge >= 0.3 is 12.0 Å². The van der Waals surface area contributed by atoms with E-state index in [9.17, 15) is 14.4 Å². The fraction of sp³-hybridized carbons (Fsp3) is 0.400. The molecule has 0 aromatic heterocycles. The van der Waals surface area contributed by atoms with Gasteiger partial charge in [0.25, 0.3) is 5.91 Å². The highest BCUT2D eigenvalue weighted by Gasteiger charge is 2.25. The summed E-state index contributed by atoms with van der Waals surface area (Å²) < 4.78 is 5.11. The second-order valence-corrected chi connectivity index (χ2v) is 6.34. The smallest absolute Gasteiger partial charge is 0.329 e. The van der Waals surface area contributed by atoms with Gasteiger partial charge in [0.2, 0.25) is 0 Å². The standard InChI is InChI=1S/C15H20ClN3O4S/c1-9(13(20)18-11-5-3-10(16)4-6-11)23-14(21)12(7-8-24-2)19-15(17)22/h3-6,9,12H,7-8H2,1-2H3,(H,18,20)(H3,17,19,22)/t9-,12-/m0/s1. The minimum atomic E-state index is -1.03. The quantitative estimate of drug-likeness (QED) is 0.603. The van der Waals surface area contributed by atoms with Crippen LogP contribution in [0, 0.1) is 0 Å². The Kier molecular flexibility index (Phi) is 8.42. The number of primary amides is 1. The fourth-order valence-electron chi connectivity index (χ4n) is 1.74. The molecule has 1 aromatic rings. The molecule has 0 aliphatic heterocycles. The molecular weight excluding hydrogens is 354 g/mol. The largest absolute Gasteiger partial charge is 0.451 e. The van der Waals surface area contributed by atoms with Crippen LogP contribution in [0.5, 0.6) is 0 Å². The number of carbonyl (C=O) groups excluding carboxylic acids is 3. The average Bonchev–Trinajstić information content (AvgIpc) is 2.53. The molecule has 9 heteroatoms. The second kappa shape index (κ2) is 10.0. The first-order valence-corrected chi connectivity index (χ1v) is 8.92. The number of esters is 1. The highest BCUT2D eigenvalue weighted by molar-refractivity contribution is 7.98. The van der Waals surface area contributed by atoms with Crippen LogP contribution in [0.25, 0.3) is 0 Å². The van der Waals surface area contributed by atoms with E-state index >= 15 is 0 Å². The molecule has 0 aliphatic rings. The minimum Gasteiger partial charge on any atom is -0.451 e. The molecule has 0 fully saturated rings. The molecule has 2 atom stereocenters. The normalized spacial score (nSPS) is 12.8. The van der Waals surface area contributed by atoms with Crippen molar-refractivity contribution in [3.05, 3.63) is 29.3 Å². The van der Waals surface area contributed by atoms with Crippen molar-refractivity contribution in [3.63, 3.8) is 0 Å². The molecule has 3 amide bonds. The number of ether oxygens (including phenoxy) is 1. The van der Waals surface area contributed by atoms with Gasteiger partial charge in [-0.1, -0.05) is 11.6 Å². The van der Waals surface area contributed by atoms with E-state index in [0.29, 0.717) is 22.9 Å². The SMILES string of the molecule is CSCC[C@H](NC(N)=O)C(=O)O[C@@H](C)C(=O)Nc1ccc(Cl)cc1. The maximum Gasteiger partial charge on any atom is 0.329 e. The zero-order chi connectivity index (χ0) is 18.1. The van der Waals surface area contributed by atoms with Crippen molar-refractivity contribution in [2.45, 2.75) is 25.5 Å². The molecule has 0 bridgehead atoms. The lowest BCUT2D eigenvalue weighted by Gasteiger charge is -2.19. The molecule has 0 heterocycles. The molecule has 1 rings (SSSR count). The van der Waals surface area contributed by atoms with Gasteiger partial charge in [-0.2, -0.15) is 11.8 Å². The Balaban J connectivity index is 2.60. The summed E-state index contributed by atoms with van der Waals surface area (Å²) in [4.78, 5) is 35.1. The van der Waals surface area contributed by atoms with Crippen LogP contribution in [0.1, 0.15) is 13.3 Å². The molecule has 0 saturated carbocycles.